The number of rotatable bonds is 1. The molecule has 0 spiro atoms. The fourth-order valence-corrected chi connectivity index (χ4v) is 3.21. The van der Waals surface area contributed by atoms with Crippen LogP contribution in [0.4, 0.5) is 0 Å². The van der Waals surface area contributed by atoms with E-state index >= 15 is 0 Å². The van der Waals surface area contributed by atoms with Gasteiger partial charge in [0, 0.05) is 5.56 Å². The van der Waals surface area contributed by atoms with Crippen molar-refractivity contribution in [2.24, 2.45) is 0 Å². The van der Waals surface area contributed by atoms with E-state index in [-0.39, 0.29) is 11.2 Å². The Bertz CT molecular complexity index is 917. The van der Waals surface area contributed by atoms with Gasteiger partial charge in [0.2, 0.25) is 0 Å². The number of ketones is 1. The quantitative estimate of drug-likeness (QED) is 0.585. The molecule has 1 aliphatic rings. The van der Waals surface area contributed by atoms with Crippen molar-refractivity contribution in [2.45, 2.75) is 33.1 Å². The number of carbonyl (C=O) groups is 1. The van der Waals surface area contributed by atoms with Gasteiger partial charge < -0.3 is 28.4 Å². The molecule has 0 saturated carbocycles. The minimum absolute atomic E-state index is 0.00280. The summed E-state index contributed by atoms with van der Waals surface area (Å²) in [4.78, 5) is 11.7. The molecule has 0 aromatic heterocycles. The largest absolute Gasteiger partial charge is 0.487 e. The summed E-state index contributed by atoms with van der Waals surface area (Å²) in [7, 11) is 0. The number of carbonyl (C=O) groups excluding carboxylic acids is 1. The molecule has 0 unspecified atom stereocenters. The number of hydrogen-bond donors (Lipinski definition) is 0. The minimum Gasteiger partial charge on any atom is -0.487 e. The van der Waals surface area contributed by atoms with Crippen LogP contribution in [0.1, 0.15) is 43.6 Å². The smallest absolute Gasteiger partial charge is 0.162 e. The first-order valence-electron chi connectivity index (χ1n) is 11.3. The number of Topliss-reactive ketones (excluding diaryl/α,β-unsaturated/α-hetero) is 1. The maximum atomic E-state index is 11.7. The molecule has 2 aromatic rings. The minimum atomic E-state index is -0.0347. The fraction of sp³-hybridized carbons (Fsp3) is 0.500. The molecule has 0 atom stereocenters. The van der Waals surface area contributed by atoms with E-state index in [1.165, 1.54) is 12.5 Å². The van der Waals surface area contributed by atoms with Crippen molar-refractivity contribution < 1.29 is 33.2 Å². The predicted molar refractivity (Wildman–Crippen MR) is 125 cm³/mol. The predicted octanol–water partition coefficient (Wildman–Crippen LogP) is 4.45. The molecular formula is C26H34O7. The van der Waals surface area contributed by atoms with Gasteiger partial charge in [-0.3, -0.25) is 4.79 Å². The Morgan fingerprint density at radius 2 is 1.09 bits per heavy atom. The first-order valence-corrected chi connectivity index (χ1v) is 11.3. The van der Waals surface area contributed by atoms with Crippen LogP contribution in [0, 0.1) is 0 Å². The maximum absolute atomic E-state index is 11.7. The normalized spacial score (nSPS) is 16.4. The highest BCUT2D eigenvalue weighted by molar-refractivity contribution is 5.94. The van der Waals surface area contributed by atoms with Crippen LogP contribution in [-0.2, 0) is 14.9 Å². The lowest BCUT2D eigenvalue weighted by atomic mass is 9.87. The summed E-state index contributed by atoms with van der Waals surface area (Å²) in [6, 6.07) is 11.2. The molecular weight excluding hydrogens is 424 g/mol. The van der Waals surface area contributed by atoms with Gasteiger partial charge in [-0.25, -0.2) is 0 Å². The number of benzene rings is 2. The van der Waals surface area contributed by atoms with E-state index in [2.05, 4.69) is 26.8 Å². The van der Waals surface area contributed by atoms with Crippen molar-refractivity contribution in [3.63, 3.8) is 0 Å². The highest BCUT2D eigenvalue weighted by Gasteiger charge is 2.17. The molecule has 3 rings (SSSR count). The van der Waals surface area contributed by atoms with Gasteiger partial charge >= 0.3 is 0 Å². The topological polar surface area (TPSA) is 72.5 Å². The highest BCUT2D eigenvalue weighted by atomic mass is 16.6. The first kappa shape index (κ1) is 24.9. The summed E-state index contributed by atoms with van der Waals surface area (Å²) >= 11 is 0. The third-order valence-corrected chi connectivity index (χ3v) is 5.10. The Kier molecular flexibility index (Phi) is 8.97. The zero-order chi connectivity index (χ0) is 23.7. The molecule has 0 saturated heterocycles. The molecule has 0 aliphatic carbocycles. The van der Waals surface area contributed by atoms with E-state index in [1.54, 1.807) is 18.2 Å². The second-order valence-corrected chi connectivity index (χ2v) is 8.75. The summed E-state index contributed by atoms with van der Waals surface area (Å²) in [5, 5.41) is 0. The van der Waals surface area contributed by atoms with Gasteiger partial charge in [0.05, 0.1) is 26.4 Å². The van der Waals surface area contributed by atoms with Crippen molar-refractivity contribution >= 4 is 5.78 Å². The summed E-state index contributed by atoms with van der Waals surface area (Å²) in [5.41, 5.74) is 1.74. The van der Waals surface area contributed by atoms with E-state index in [9.17, 15) is 4.79 Å². The van der Waals surface area contributed by atoms with E-state index in [0.717, 1.165) is 0 Å². The Morgan fingerprint density at radius 3 is 1.58 bits per heavy atom. The Hall–Kier alpha value is -2.77. The second kappa shape index (κ2) is 11.9. The van der Waals surface area contributed by atoms with Crippen LogP contribution in [0.15, 0.2) is 36.4 Å². The van der Waals surface area contributed by atoms with Gasteiger partial charge in [-0.05, 0) is 48.2 Å². The number of ether oxygens (including phenoxy) is 6. The molecule has 7 nitrogen and oxygen atoms in total. The van der Waals surface area contributed by atoms with E-state index < -0.39 is 0 Å². The van der Waals surface area contributed by atoms with Gasteiger partial charge in [0.25, 0.3) is 0 Å². The van der Waals surface area contributed by atoms with Crippen LogP contribution in [0.2, 0.25) is 0 Å². The Morgan fingerprint density at radius 1 is 0.636 bits per heavy atom. The first-order chi connectivity index (χ1) is 15.8. The number of hydrogen-bond acceptors (Lipinski definition) is 7. The van der Waals surface area contributed by atoms with Crippen LogP contribution in [0.3, 0.4) is 0 Å². The molecule has 7 heteroatoms. The van der Waals surface area contributed by atoms with Crippen molar-refractivity contribution in [2.75, 3.05) is 52.9 Å². The zero-order valence-electron chi connectivity index (χ0n) is 20.0. The van der Waals surface area contributed by atoms with E-state index in [4.69, 9.17) is 28.4 Å². The van der Waals surface area contributed by atoms with Gasteiger partial charge in [0.15, 0.2) is 28.8 Å². The molecule has 0 N–H and O–H groups in total. The van der Waals surface area contributed by atoms with Crippen LogP contribution in [-0.4, -0.2) is 58.6 Å². The molecule has 0 bridgehead atoms. The maximum Gasteiger partial charge on any atom is 0.162 e. The average Bonchev–Trinajstić information content (AvgIpc) is 2.77. The highest BCUT2D eigenvalue weighted by Crippen LogP contribution is 2.33. The number of fused-ring (bicyclic) bond motifs is 2. The second-order valence-electron chi connectivity index (χ2n) is 8.75. The van der Waals surface area contributed by atoms with E-state index in [1.807, 2.05) is 12.1 Å². The molecule has 0 radical (unpaired) electrons. The third-order valence-electron chi connectivity index (χ3n) is 5.10. The van der Waals surface area contributed by atoms with Gasteiger partial charge in [-0.2, -0.15) is 0 Å². The molecule has 33 heavy (non-hydrogen) atoms. The van der Waals surface area contributed by atoms with Crippen molar-refractivity contribution in [3.05, 3.63) is 47.5 Å². The fourth-order valence-electron chi connectivity index (χ4n) is 3.21. The van der Waals surface area contributed by atoms with Gasteiger partial charge in [0.1, 0.15) is 26.4 Å². The standard InChI is InChI=1S/C26H34O7/c1-19(27)20-5-7-22-24(17-20)32-15-11-28-10-14-31-23-8-6-21(26(2,3)4)18-25(23)33-16-12-29-9-13-30-22/h5-8,17-18H,9-16H2,1-4H3. The third kappa shape index (κ3) is 7.65. The van der Waals surface area contributed by atoms with Crippen molar-refractivity contribution in [1.82, 2.24) is 0 Å². The lowest BCUT2D eigenvalue weighted by Crippen LogP contribution is -2.16. The van der Waals surface area contributed by atoms with Crippen LogP contribution >= 0.6 is 0 Å². The van der Waals surface area contributed by atoms with Gasteiger partial charge in [-0.15, -0.1) is 0 Å². The lowest BCUT2D eigenvalue weighted by Gasteiger charge is -2.21. The average molecular weight is 459 g/mol. The molecule has 0 fully saturated rings. The van der Waals surface area contributed by atoms with Gasteiger partial charge in [-0.1, -0.05) is 26.8 Å². The monoisotopic (exact) mass is 458 g/mol. The Balaban J connectivity index is 1.65. The molecule has 180 valence electrons. The molecule has 2 aromatic carbocycles. The van der Waals surface area contributed by atoms with E-state index in [0.29, 0.717) is 81.4 Å². The van der Waals surface area contributed by atoms with Crippen molar-refractivity contribution in [3.8, 4) is 23.0 Å². The van der Waals surface area contributed by atoms with Crippen molar-refractivity contribution in [1.29, 1.82) is 0 Å². The lowest BCUT2D eigenvalue weighted by molar-refractivity contribution is 0.0639. The zero-order valence-corrected chi connectivity index (χ0v) is 20.0. The van der Waals surface area contributed by atoms with Crippen LogP contribution < -0.4 is 18.9 Å². The molecule has 0 amide bonds. The summed E-state index contributed by atoms with van der Waals surface area (Å²) in [6.07, 6.45) is 0. The molecule has 1 aliphatic heterocycles. The summed E-state index contributed by atoms with van der Waals surface area (Å²) in [5.74, 6) is 2.41. The summed E-state index contributed by atoms with van der Waals surface area (Å²) < 4.78 is 34.8. The SMILES string of the molecule is CC(=O)c1ccc2c(c1)OCCOCCOc1ccc(C(C)(C)C)cc1OCCOCCO2. The van der Waals surface area contributed by atoms with Crippen LogP contribution in [0.25, 0.3) is 0 Å². The Labute approximate surface area is 195 Å². The molecule has 1 heterocycles. The van der Waals surface area contributed by atoms with Crippen LogP contribution in [0.5, 0.6) is 23.0 Å². The summed E-state index contributed by atoms with van der Waals surface area (Å²) in [6.45, 7) is 11.0.